The molecule has 1 saturated heterocycles. The smallest absolute Gasteiger partial charge is 0.465 e. The number of benzene rings is 3. The minimum Gasteiger partial charge on any atom is -0.465 e. The molecule has 9 heteroatoms. The van der Waals surface area contributed by atoms with Crippen molar-refractivity contribution in [1.82, 2.24) is 19.9 Å². The molecular formula is C39H45BN4O4. The average molecular weight is 645 g/mol. The Bertz CT molecular complexity index is 1910. The van der Waals surface area contributed by atoms with Crippen LogP contribution in [-0.4, -0.2) is 45.8 Å². The van der Waals surface area contributed by atoms with Gasteiger partial charge in [-0.05, 0) is 88.7 Å². The van der Waals surface area contributed by atoms with Crippen LogP contribution in [0.15, 0.2) is 79.0 Å². The number of amides is 1. The van der Waals surface area contributed by atoms with Gasteiger partial charge in [-0.15, -0.1) is 0 Å². The minimum atomic E-state index is -0.470. The van der Waals surface area contributed by atoms with Crippen LogP contribution in [0, 0.1) is 5.92 Å². The highest BCUT2D eigenvalue weighted by atomic mass is 16.7. The molecule has 8 nitrogen and oxygen atoms in total. The van der Waals surface area contributed by atoms with E-state index in [1.165, 1.54) is 0 Å². The van der Waals surface area contributed by atoms with Gasteiger partial charge >= 0.3 is 7.12 Å². The van der Waals surface area contributed by atoms with Crippen LogP contribution in [-0.2, 0) is 14.1 Å². The summed E-state index contributed by atoms with van der Waals surface area (Å²) in [5.41, 5.74) is 6.48. The number of aromatic nitrogens is 3. The molecule has 2 aromatic heterocycles. The lowest BCUT2D eigenvalue weighted by molar-refractivity contribution is -0.109. The summed E-state index contributed by atoms with van der Waals surface area (Å²) in [7, 11) is -0.470. The van der Waals surface area contributed by atoms with Gasteiger partial charge in [0.15, 0.2) is 0 Å². The van der Waals surface area contributed by atoms with Gasteiger partial charge in [0, 0.05) is 34.5 Å². The largest absolute Gasteiger partial charge is 0.494 e. The first kappa shape index (κ1) is 32.2. The van der Waals surface area contributed by atoms with E-state index in [2.05, 4.69) is 123 Å². The molecule has 3 aromatic carbocycles. The Morgan fingerprint density at radius 3 is 2.50 bits per heavy atom. The van der Waals surface area contributed by atoms with E-state index in [-0.39, 0.29) is 6.23 Å². The lowest BCUT2D eigenvalue weighted by atomic mass is 9.78. The average Bonchev–Trinajstić information content (AvgIpc) is 3.76. The van der Waals surface area contributed by atoms with Crippen LogP contribution in [0.2, 0.25) is 0 Å². The van der Waals surface area contributed by atoms with E-state index in [0.717, 1.165) is 81.7 Å². The van der Waals surface area contributed by atoms with Gasteiger partial charge in [-0.3, -0.25) is 4.79 Å². The molecule has 0 spiro atoms. The van der Waals surface area contributed by atoms with Crippen molar-refractivity contribution in [2.45, 2.75) is 84.2 Å². The number of rotatable bonds is 11. The summed E-state index contributed by atoms with van der Waals surface area (Å²) in [5, 5.41) is 3.91. The van der Waals surface area contributed by atoms with Crippen molar-refractivity contribution in [2.24, 2.45) is 5.92 Å². The first-order valence-electron chi connectivity index (χ1n) is 17.1. The van der Waals surface area contributed by atoms with E-state index in [4.69, 9.17) is 19.0 Å². The first-order valence-corrected chi connectivity index (χ1v) is 17.1. The van der Waals surface area contributed by atoms with E-state index in [1.807, 2.05) is 12.3 Å². The number of nitrogens with one attached hydrogen (secondary N) is 2. The van der Waals surface area contributed by atoms with Gasteiger partial charge in [0.25, 0.3) is 0 Å². The zero-order valence-corrected chi connectivity index (χ0v) is 28.7. The summed E-state index contributed by atoms with van der Waals surface area (Å²) < 4.78 is 21.9. The molecule has 1 fully saturated rings. The highest BCUT2D eigenvalue weighted by Crippen LogP contribution is 2.45. The summed E-state index contributed by atoms with van der Waals surface area (Å²) in [6.07, 6.45) is 5.30. The Kier molecular flexibility index (Phi) is 8.46. The third-order valence-corrected chi connectivity index (χ3v) is 10.2. The fourth-order valence-electron chi connectivity index (χ4n) is 6.98. The van der Waals surface area contributed by atoms with E-state index in [0.29, 0.717) is 18.4 Å². The summed E-state index contributed by atoms with van der Waals surface area (Å²) in [6, 6.07) is 25.5. The zero-order chi connectivity index (χ0) is 33.6. The number of carbonyl (C=O) groups excluding carboxylic acids is 1. The predicted molar refractivity (Wildman–Crippen MR) is 191 cm³/mol. The van der Waals surface area contributed by atoms with E-state index in [1.54, 1.807) is 0 Å². The Labute approximate surface area is 283 Å². The number of ether oxygens (including phenoxy) is 1. The number of hydrogen-bond donors (Lipinski definition) is 2. The second-order valence-electron chi connectivity index (χ2n) is 14.6. The number of aromatic amines is 1. The summed E-state index contributed by atoms with van der Waals surface area (Å²) >= 11 is 0. The molecule has 0 aliphatic carbocycles. The molecule has 0 bridgehead atoms. The van der Waals surface area contributed by atoms with Crippen LogP contribution in [0.5, 0.6) is 5.75 Å². The fourth-order valence-corrected chi connectivity index (χ4v) is 6.98. The third-order valence-electron chi connectivity index (χ3n) is 10.2. The molecule has 2 unspecified atom stereocenters. The molecule has 0 radical (unpaired) electrons. The second-order valence-corrected chi connectivity index (χ2v) is 14.6. The highest BCUT2D eigenvalue weighted by Gasteiger charge is 2.52. The van der Waals surface area contributed by atoms with Crippen molar-refractivity contribution in [2.75, 3.05) is 6.54 Å². The Morgan fingerprint density at radius 2 is 1.77 bits per heavy atom. The topological polar surface area (TPSA) is 90.4 Å². The molecule has 2 aliphatic heterocycles. The molecule has 5 aromatic rings. The summed E-state index contributed by atoms with van der Waals surface area (Å²) in [4.78, 5) is 19.2. The lowest BCUT2D eigenvalue weighted by Gasteiger charge is -2.32. The summed E-state index contributed by atoms with van der Waals surface area (Å²) in [5.74, 6) is 2.66. The van der Waals surface area contributed by atoms with E-state index in [9.17, 15) is 4.79 Å². The number of H-pyrrole nitrogens is 1. The Balaban J connectivity index is 1.25. The van der Waals surface area contributed by atoms with Gasteiger partial charge in [0.2, 0.25) is 12.6 Å². The maximum atomic E-state index is 10.7. The fraction of sp³-hybridized carbons (Fsp3) is 0.385. The van der Waals surface area contributed by atoms with Gasteiger partial charge in [-0.25, -0.2) is 4.98 Å². The van der Waals surface area contributed by atoms with Gasteiger partial charge < -0.3 is 28.9 Å². The molecule has 2 atom stereocenters. The van der Waals surface area contributed by atoms with Crippen LogP contribution in [0.3, 0.4) is 0 Å². The molecule has 2 N–H and O–H groups in total. The maximum Gasteiger partial charge on any atom is 0.494 e. The minimum absolute atomic E-state index is 0.306. The van der Waals surface area contributed by atoms with Gasteiger partial charge in [-0.2, -0.15) is 0 Å². The number of carbonyl (C=O) groups is 1. The Morgan fingerprint density at radius 1 is 1.00 bits per heavy atom. The molecular weight excluding hydrogens is 599 g/mol. The second kappa shape index (κ2) is 12.6. The monoisotopic (exact) mass is 644 g/mol. The lowest BCUT2D eigenvalue weighted by Crippen LogP contribution is -2.41. The van der Waals surface area contributed by atoms with Crippen molar-refractivity contribution >= 4 is 29.9 Å². The van der Waals surface area contributed by atoms with E-state index >= 15 is 0 Å². The van der Waals surface area contributed by atoms with Crippen molar-refractivity contribution in [1.29, 1.82) is 0 Å². The third kappa shape index (κ3) is 5.94. The number of hydrogen-bond acceptors (Lipinski definition) is 5. The van der Waals surface area contributed by atoms with Gasteiger partial charge in [0.05, 0.1) is 34.3 Å². The highest BCUT2D eigenvalue weighted by molar-refractivity contribution is 6.62. The van der Waals surface area contributed by atoms with Crippen molar-refractivity contribution < 1.29 is 18.8 Å². The molecule has 7 rings (SSSR count). The van der Waals surface area contributed by atoms with Crippen molar-refractivity contribution in [3.05, 3.63) is 90.4 Å². The van der Waals surface area contributed by atoms with Crippen LogP contribution >= 0.6 is 0 Å². The van der Waals surface area contributed by atoms with Crippen molar-refractivity contribution in [3.63, 3.8) is 0 Å². The Hall–Kier alpha value is -4.34. The number of nitrogens with zero attached hydrogens (tertiary/aromatic N) is 2. The molecule has 248 valence electrons. The van der Waals surface area contributed by atoms with Crippen molar-refractivity contribution in [3.8, 4) is 28.3 Å². The van der Waals surface area contributed by atoms with E-state index < -0.39 is 18.3 Å². The zero-order valence-electron chi connectivity index (χ0n) is 28.7. The predicted octanol–water partition coefficient (Wildman–Crippen LogP) is 7.59. The van der Waals surface area contributed by atoms with Crippen LogP contribution in [0.25, 0.3) is 33.4 Å². The number of fused-ring (bicyclic) bond motifs is 5. The molecule has 1 amide bonds. The quantitative estimate of drug-likeness (QED) is 0.0879. The normalized spacial score (nSPS) is 18.4. The maximum absolute atomic E-state index is 10.7. The first-order chi connectivity index (χ1) is 23.0. The van der Waals surface area contributed by atoms with Crippen LogP contribution in [0.4, 0.5) is 0 Å². The molecule has 48 heavy (non-hydrogen) atoms. The molecule has 0 saturated carbocycles. The number of imidazole rings is 1. The summed E-state index contributed by atoms with van der Waals surface area (Å²) in [6.45, 7) is 13.5. The molecule has 4 heterocycles. The van der Waals surface area contributed by atoms with Crippen LogP contribution < -0.4 is 15.5 Å². The van der Waals surface area contributed by atoms with Crippen LogP contribution in [0.1, 0.15) is 84.3 Å². The standard InChI is InChI=1S/C39H45BN4O4/c1-25(2)19-28(13-10-18-41-24-45)36-42-23-32(43-36)27-14-17-33-29(20-27)21-34-31-16-15-30(40-47-38(3,4)39(5,6)48-40)22-35(31)46-37(44(33)34)26-11-8-7-9-12-26/h7-9,11-12,14-17,20-25,28,37H,10,13,18-19H2,1-6H3,(H,41,45)(H,42,43). The van der Waals surface area contributed by atoms with Gasteiger partial charge in [-0.1, -0.05) is 56.3 Å². The molecule has 2 aliphatic rings. The van der Waals surface area contributed by atoms with Gasteiger partial charge in [0.1, 0.15) is 11.6 Å². The SMILES string of the molecule is CC(C)CC(CCCNC=O)c1ncc(-c2ccc3c(c2)cc2n3C(c3ccccc3)Oc3cc(B4OC(C)(C)C(C)(C)O4)ccc3-2)[nH]1.